The van der Waals surface area contributed by atoms with Crippen LogP contribution in [0, 0.1) is 11.3 Å². The first-order valence-electron chi connectivity index (χ1n) is 8.04. The van der Waals surface area contributed by atoms with Crippen molar-refractivity contribution in [2.45, 2.75) is 46.5 Å². The van der Waals surface area contributed by atoms with Crippen LogP contribution in [0.2, 0.25) is 0 Å². The molecule has 0 bridgehead atoms. The van der Waals surface area contributed by atoms with Gasteiger partial charge in [-0.15, -0.1) is 0 Å². The molecule has 1 unspecified atom stereocenters. The fourth-order valence-corrected chi connectivity index (χ4v) is 3.26. The van der Waals surface area contributed by atoms with Crippen molar-refractivity contribution in [3.05, 3.63) is 29.8 Å². The number of anilines is 1. The third kappa shape index (κ3) is 3.99. The van der Waals surface area contributed by atoms with E-state index >= 15 is 0 Å². The Balaban J connectivity index is 1.99. The number of rotatable bonds is 3. The van der Waals surface area contributed by atoms with Gasteiger partial charge in [-0.05, 0) is 61.3 Å². The lowest BCUT2D eigenvalue weighted by molar-refractivity contribution is 0.220. The molecule has 1 saturated heterocycles. The van der Waals surface area contributed by atoms with Crippen LogP contribution >= 0.6 is 0 Å². The van der Waals surface area contributed by atoms with Crippen LogP contribution in [0.5, 0.6) is 0 Å². The van der Waals surface area contributed by atoms with Gasteiger partial charge in [0.1, 0.15) is 0 Å². The molecule has 0 saturated carbocycles. The fourth-order valence-electron chi connectivity index (χ4n) is 3.26. The number of nitrogens with zero attached hydrogens (tertiary/aromatic N) is 1. The highest BCUT2D eigenvalue weighted by atomic mass is 15.1. The Morgan fingerprint density at radius 2 is 1.80 bits per heavy atom. The summed E-state index contributed by atoms with van der Waals surface area (Å²) in [6, 6.07) is 8.99. The third-order valence-electron chi connectivity index (χ3n) is 4.69. The van der Waals surface area contributed by atoms with Gasteiger partial charge in [0.05, 0.1) is 0 Å². The summed E-state index contributed by atoms with van der Waals surface area (Å²) in [5.74, 6) is 0.851. The zero-order chi connectivity index (χ0) is 14.6. The van der Waals surface area contributed by atoms with Crippen molar-refractivity contribution in [2.75, 3.05) is 24.5 Å². The van der Waals surface area contributed by atoms with E-state index in [9.17, 15) is 0 Å². The summed E-state index contributed by atoms with van der Waals surface area (Å²) in [5.41, 5.74) is 8.77. The molecule has 1 aromatic rings. The lowest BCUT2D eigenvalue weighted by Crippen LogP contribution is -2.26. The second kappa shape index (κ2) is 6.62. The zero-order valence-electron chi connectivity index (χ0n) is 13.4. The van der Waals surface area contributed by atoms with Gasteiger partial charge >= 0.3 is 0 Å². The standard InChI is InChI=1S/C18H30N2/c1-18(2,3)16-5-4-13-20(14-11-16)17-8-6-15(7-9-17)10-12-19/h6-9,16H,4-5,10-14,19H2,1-3H3. The van der Waals surface area contributed by atoms with E-state index in [0.717, 1.165) is 18.9 Å². The Bertz CT molecular complexity index is 402. The largest absolute Gasteiger partial charge is 0.372 e. The van der Waals surface area contributed by atoms with E-state index < -0.39 is 0 Å². The van der Waals surface area contributed by atoms with Crippen molar-refractivity contribution in [1.29, 1.82) is 0 Å². The molecule has 0 amide bonds. The van der Waals surface area contributed by atoms with Gasteiger partial charge in [-0.1, -0.05) is 32.9 Å². The summed E-state index contributed by atoms with van der Waals surface area (Å²) < 4.78 is 0. The van der Waals surface area contributed by atoms with Crippen LogP contribution in [0.3, 0.4) is 0 Å². The maximum atomic E-state index is 5.61. The molecule has 20 heavy (non-hydrogen) atoms. The topological polar surface area (TPSA) is 29.3 Å². The number of nitrogens with two attached hydrogens (primary N) is 1. The van der Waals surface area contributed by atoms with Crippen molar-refractivity contribution in [3.8, 4) is 0 Å². The highest BCUT2D eigenvalue weighted by molar-refractivity contribution is 5.47. The minimum Gasteiger partial charge on any atom is -0.372 e. The molecule has 1 aliphatic rings. The minimum atomic E-state index is 0.445. The number of hydrogen-bond acceptors (Lipinski definition) is 2. The maximum Gasteiger partial charge on any atom is 0.0366 e. The molecular formula is C18H30N2. The van der Waals surface area contributed by atoms with Gasteiger partial charge in [-0.3, -0.25) is 0 Å². The zero-order valence-corrected chi connectivity index (χ0v) is 13.4. The van der Waals surface area contributed by atoms with Crippen LogP contribution in [0.15, 0.2) is 24.3 Å². The van der Waals surface area contributed by atoms with E-state index in [-0.39, 0.29) is 0 Å². The van der Waals surface area contributed by atoms with Crippen molar-refractivity contribution in [3.63, 3.8) is 0 Å². The maximum absolute atomic E-state index is 5.61. The van der Waals surface area contributed by atoms with Crippen LogP contribution in [0.1, 0.15) is 45.6 Å². The lowest BCUT2D eigenvalue weighted by atomic mass is 9.77. The molecular weight excluding hydrogens is 244 g/mol. The molecule has 2 N–H and O–H groups in total. The molecule has 0 spiro atoms. The Kier molecular flexibility index (Phi) is 5.09. The Hall–Kier alpha value is -1.02. The Morgan fingerprint density at radius 3 is 2.40 bits per heavy atom. The van der Waals surface area contributed by atoms with E-state index in [4.69, 9.17) is 5.73 Å². The summed E-state index contributed by atoms with van der Waals surface area (Å²) in [6.07, 6.45) is 4.97. The molecule has 1 fully saturated rings. The van der Waals surface area contributed by atoms with Crippen molar-refractivity contribution in [2.24, 2.45) is 17.1 Å². The van der Waals surface area contributed by atoms with E-state index in [2.05, 4.69) is 49.9 Å². The van der Waals surface area contributed by atoms with Crippen LogP contribution < -0.4 is 10.6 Å². The first kappa shape index (κ1) is 15.4. The quantitative estimate of drug-likeness (QED) is 0.907. The summed E-state index contributed by atoms with van der Waals surface area (Å²) in [4.78, 5) is 2.55. The molecule has 2 rings (SSSR count). The van der Waals surface area contributed by atoms with E-state index in [1.165, 1.54) is 43.6 Å². The average molecular weight is 274 g/mol. The van der Waals surface area contributed by atoms with Crippen LogP contribution in [0.4, 0.5) is 5.69 Å². The smallest absolute Gasteiger partial charge is 0.0366 e. The predicted octanol–water partition coefficient (Wildman–Crippen LogP) is 3.84. The first-order valence-corrected chi connectivity index (χ1v) is 8.04. The molecule has 2 heteroatoms. The monoisotopic (exact) mass is 274 g/mol. The van der Waals surface area contributed by atoms with Crippen molar-refractivity contribution in [1.82, 2.24) is 0 Å². The van der Waals surface area contributed by atoms with Gasteiger partial charge in [0.25, 0.3) is 0 Å². The van der Waals surface area contributed by atoms with Gasteiger partial charge in [0, 0.05) is 18.8 Å². The van der Waals surface area contributed by atoms with Crippen LogP contribution in [-0.4, -0.2) is 19.6 Å². The summed E-state index contributed by atoms with van der Waals surface area (Å²) in [5, 5.41) is 0. The second-order valence-corrected chi connectivity index (χ2v) is 7.19. The van der Waals surface area contributed by atoms with E-state index in [0.29, 0.717) is 5.41 Å². The summed E-state index contributed by atoms with van der Waals surface area (Å²) in [7, 11) is 0. The predicted molar refractivity (Wildman–Crippen MR) is 88.2 cm³/mol. The minimum absolute atomic E-state index is 0.445. The second-order valence-electron chi connectivity index (χ2n) is 7.19. The highest BCUT2D eigenvalue weighted by Crippen LogP contribution is 2.35. The van der Waals surface area contributed by atoms with Crippen LogP contribution in [0.25, 0.3) is 0 Å². The van der Waals surface area contributed by atoms with Gasteiger partial charge in [-0.2, -0.15) is 0 Å². The molecule has 1 aromatic carbocycles. The first-order chi connectivity index (χ1) is 9.50. The average Bonchev–Trinajstić information content (AvgIpc) is 2.65. The fraction of sp³-hybridized carbons (Fsp3) is 0.667. The highest BCUT2D eigenvalue weighted by Gasteiger charge is 2.27. The molecule has 0 aliphatic carbocycles. The molecule has 0 radical (unpaired) electrons. The molecule has 1 heterocycles. The summed E-state index contributed by atoms with van der Waals surface area (Å²) in [6.45, 7) is 10.3. The van der Waals surface area contributed by atoms with E-state index in [1.54, 1.807) is 0 Å². The molecule has 1 atom stereocenters. The molecule has 1 aliphatic heterocycles. The third-order valence-corrected chi connectivity index (χ3v) is 4.69. The normalized spacial score (nSPS) is 20.8. The van der Waals surface area contributed by atoms with Crippen LogP contribution in [-0.2, 0) is 6.42 Å². The Morgan fingerprint density at radius 1 is 1.10 bits per heavy atom. The summed E-state index contributed by atoms with van der Waals surface area (Å²) >= 11 is 0. The lowest BCUT2D eigenvalue weighted by Gasteiger charge is -2.30. The Labute approximate surface area is 124 Å². The van der Waals surface area contributed by atoms with Crippen molar-refractivity contribution < 1.29 is 0 Å². The van der Waals surface area contributed by atoms with Gasteiger partial charge in [0.2, 0.25) is 0 Å². The molecule has 112 valence electrons. The molecule has 0 aromatic heterocycles. The van der Waals surface area contributed by atoms with Gasteiger partial charge < -0.3 is 10.6 Å². The van der Waals surface area contributed by atoms with E-state index in [1.807, 2.05) is 0 Å². The van der Waals surface area contributed by atoms with Gasteiger partial charge in [-0.25, -0.2) is 0 Å². The SMILES string of the molecule is CC(C)(C)C1CCCN(c2ccc(CCN)cc2)CC1. The number of benzene rings is 1. The van der Waals surface area contributed by atoms with Crippen molar-refractivity contribution >= 4 is 5.69 Å². The molecule has 2 nitrogen and oxygen atoms in total. The number of hydrogen-bond donors (Lipinski definition) is 1. The van der Waals surface area contributed by atoms with Gasteiger partial charge in [0.15, 0.2) is 0 Å².